The van der Waals surface area contributed by atoms with Crippen LogP contribution in [-0.2, 0) is 16.0 Å². The van der Waals surface area contributed by atoms with Crippen molar-refractivity contribution in [1.82, 2.24) is 0 Å². The topological polar surface area (TPSA) is 66.8 Å². The molecule has 1 heterocycles. The van der Waals surface area contributed by atoms with Crippen molar-refractivity contribution in [3.63, 3.8) is 0 Å². The zero-order valence-electron chi connectivity index (χ0n) is 13.7. The first kappa shape index (κ1) is 16.3. The van der Waals surface area contributed by atoms with E-state index in [1.165, 1.54) is 4.90 Å². The Morgan fingerprint density at radius 2 is 1.95 bits per heavy atom. The van der Waals surface area contributed by atoms with Crippen LogP contribution in [0, 0.1) is 0 Å². The van der Waals surface area contributed by atoms with E-state index in [2.05, 4.69) is 13.8 Å². The predicted molar refractivity (Wildman–Crippen MR) is 84.4 cm³/mol. The molecule has 5 heteroatoms. The molecule has 22 heavy (non-hydrogen) atoms. The van der Waals surface area contributed by atoms with Crippen LogP contribution in [0.5, 0.6) is 0 Å². The smallest absolute Gasteiger partial charge is 0.415 e. The number of fused-ring (bicyclic) bond motifs is 1. The Kier molecular flexibility index (Phi) is 4.18. The van der Waals surface area contributed by atoms with E-state index < -0.39 is 23.7 Å². The average Bonchev–Trinajstić information content (AvgIpc) is 2.74. The van der Waals surface area contributed by atoms with Gasteiger partial charge in [0.1, 0.15) is 11.6 Å². The van der Waals surface area contributed by atoms with Gasteiger partial charge in [-0.3, -0.25) is 4.90 Å². The van der Waals surface area contributed by atoms with E-state index >= 15 is 0 Å². The number of hydrogen-bond donors (Lipinski definition) is 1. The molecular weight excluding hydrogens is 282 g/mol. The highest BCUT2D eigenvalue weighted by Crippen LogP contribution is 2.36. The number of carbonyl (C=O) groups excluding carboxylic acids is 1. The molecule has 1 N–H and O–H groups in total. The Bertz CT molecular complexity index is 601. The summed E-state index contributed by atoms with van der Waals surface area (Å²) in [4.78, 5) is 25.3. The lowest BCUT2D eigenvalue weighted by Gasteiger charge is -2.27. The molecule has 120 valence electrons. The van der Waals surface area contributed by atoms with Crippen molar-refractivity contribution in [1.29, 1.82) is 0 Å². The molecule has 0 fully saturated rings. The molecule has 0 bridgehead atoms. The summed E-state index contributed by atoms with van der Waals surface area (Å²) in [7, 11) is 0. The highest BCUT2D eigenvalue weighted by atomic mass is 16.6. The van der Waals surface area contributed by atoms with Crippen LogP contribution >= 0.6 is 0 Å². The zero-order valence-corrected chi connectivity index (χ0v) is 13.7. The predicted octanol–water partition coefficient (Wildman–Crippen LogP) is 3.56. The van der Waals surface area contributed by atoms with Crippen LogP contribution in [0.4, 0.5) is 10.5 Å². The van der Waals surface area contributed by atoms with Crippen LogP contribution in [0.25, 0.3) is 0 Å². The monoisotopic (exact) mass is 305 g/mol. The van der Waals surface area contributed by atoms with Gasteiger partial charge in [-0.15, -0.1) is 0 Å². The fraction of sp³-hybridized carbons (Fsp3) is 0.529. The summed E-state index contributed by atoms with van der Waals surface area (Å²) in [6, 6.07) is 4.88. The van der Waals surface area contributed by atoms with Crippen LogP contribution in [0.3, 0.4) is 0 Å². The number of benzene rings is 1. The normalized spacial score (nSPS) is 17.5. The number of ether oxygens (including phenoxy) is 1. The minimum absolute atomic E-state index is 0.301. The van der Waals surface area contributed by atoms with Crippen molar-refractivity contribution in [3.8, 4) is 0 Å². The van der Waals surface area contributed by atoms with Crippen LogP contribution in [-0.4, -0.2) is 28.8 Å². The van der Waals surface area contributed by atoms with Gasteiger partial charge in [0.2, 0.25) is 0 Å². The molecule has 1 atom stereocenters. The van der Waals surface area contributed by atoms with E-state index in [9.17, 15) is 14.7 Å². The number of aliphatic carboxylic acids is 1. The number of carboxylic acids is 1. The van der Waals surface area contributed by atoms with E-state index in [1.54, 1.807) is 20.8 Å². The van der Waals surface area contributed by atoms with E-state index in [1.807, 2.05) is 18.2 Å². The highest BCUT2D eigenvalue weighted by molar-refractivity contribution is 5.98. The van der Waals surface area contributed by atoms with Crippen molar-refractivity contribution < 1.29 is 19.4 Å². The number of nitrogens with zero attached hydrogens (tertiary/aromatic N) is 1. The number of rotatable bonds is 2. The van der Waals surface area contributed by atoms with Gasteiger partial charge in [0.25, 0.3) is 0 Å². The third kappa shape index (κ3) is 3.24. The zero-order chi connectivity index (χ0) is 16.7. The molecule has 5 nitrogen and oxygen atoms in total. The minimum atomic E-state index is -1.02. The number of carboxylic acid groups (broad SMARTS) is 1. The second-order valence-corrected chi connectivity index (χ2v) is 6.95. The molecule has 0 spiro atoms. The lowest BCUT2D eigenvalue weighted by molar-refractivity contribution is -0.138. The summed E-state index contributed by atoms with van der Waals surface area (Å²) >= 11 is 0. The number of anilines is 1. The number of hydrogen-bond acceptors (Lipinski definition) is 3. The van der Waals surface area contributed by atoms with Crippen molar-refractivity contribution in [3.05, 3.63) is 29.3 Å². The van der Waals surface area contributed by atoms with Gasteiger partial charge >= 0.3 is 12.1 Å². The van der Waals surface area contributed by atoms with Crippen LogP contribution in [0.15, 0.2) is 18.2 Å². The van der Waals surface area contributed by atoms with Crippen molar-refractivity contribution >= 4 is 17.7 Å². The maximum absolute atomic E-state index is 12.5. The van der Waals surface area contributed by atoms with Crippen LogP contribution < -0.4 is 4.90 Å². The summed E-state index contributed by atoms with van der Waals surface area (Å²) in [6.45, 7) is 9.42. The van der Waals surface area contributed by atoms with Gasteiger partial charge in [-0.1, -0.05) is 26.0 Å². The third-order valence-electron chi connectivity index (χ3n) is 3.64. The maximum Gasteiger partial charge on any atom is 0.415 e. The van der Waals surface area contributed by atoms with Gasteiger partial charge in [0, 0.05) is 6.42 Å². The van der Waals surface area contributed by atoms with Crippen molar-refractivity contribution in [2.75, 3.05) is 4.90 Å². The van der Waals surface area contributed by atoms with E-state index in [4.69, 9.17) is 4.74 Å². The van der Waals surface area contributed by atoms with Gasteiger partial charge in [0.15, 0.2) is 0 Å². The largest absolute Gasteiger partial charge is 0.480 e. The van der Waals surface area contributed by atoms with Gasteiger partial charge < -0.3 is 9.84 Å². The Morgan fingerprint density at radius 3 is 2.45 bits per heavy atom. The van der Waals surface area contributed by atoms with E-state index in [0.29, 0.717) is 18.0 Å². The van der Waals surface area contributed by atoms with Gasteiger partial charge in [-0.05, 0) is 43.9 Å². The Morgan fingerprint density at radius 1 is 1.32 bits per heavy atom. The lowest BCUT2D eigenvalue weighted by Crippen LogP contribution is -2.45. The Labute approximate surface area is 130 Å². The molecule has 0 saturated heterocycles. The second-order valence-electron chi connectivity index (χ2n) is 6.95. The van der Waals surface area contributed by atoms with Gasteiger partial charge in [-0.25, -0.2) is 9.59 Å². The summed E-state index contributed by atoms with van der Waals surface area (Å²) in [6.07, 6.45) is -0.304. The van der Waals surface area contributed by atoms with Gasteiger partial charge in [0.05, 0.1) is 5.69 Å². The SMILES string of the molecule is CC(C)c1ccc2c(c1)N(C(=O)OC(C)(C)C)[C@H](C(=O)O)C2. The molecule has 2 rings (SSSR count). The molecule has 0 aromatic heterocycles. The number of carbonyl (C=O) groups is 2. The summed E-state index contributed by atoms with van der Waals surface area (Å²) in [5.74, 6) is -0.720. The molecule has 0 unspecified atom stereocenters. The molecular formula is C17H23NO4. The molecule has 0 aliphatic carbocycles. The fourth-order valence-corrected chi connectivity index (χ4v) is 2.54. The Hall–Kier alpha value is -2.04. The molecule has 1 aromatic rings. The first-order valence-electron chi connectivity index (χ1n) is 7.48. The standard InChI is InChI=1S/C17H23NO4/c1-10(2)11-6-7-12-9-14(15(19)20)18(13(12)8-11)16(21)22-17(3,4)5/h6-8,10,14H,9H2,1-5H3,(H,19,20)/t14-/m0/s1. The van der Waals surface area contributed by atoms with Crippen LogP contribution in [0.2, 0.25) is 0 Å². The molecule has 1 aliphatic heterocycles. The van der Waals surface area contributed by atoms with Crippen LogP contribution in [0.1, 0.15) is 51.7 Å². The molecule has 0 saturated carbocycles. The molecule has 0 radical (unpaired) electrons. The number of amides is 1. The highest BCUT2D eigenvalue weighted by Gasteiger charge is 2.40. The van der Waals surface area contributed by atoms with Crippen molar-refractivity contribution in [2.45, 2.75) is 58.6 Å². The van der Waals surface area contributed by atoms with Gasteiger partial charge in [-0.2, -0.15) is 0 Å². The molecule has 1 aromatic carbocycles. The summed E-state index contributed by atoms with van der Waals surface area (Å²) < 4.78 is 5.38. The minimum Gasteiger partial charge on any atom is -0.480 e. The lowest BCUT2D eigenvalue weighted by atomic mass is 10.00. The first-order valence-corrected chi connectivity index (χ1v) is 7.48. The second kappa shape index (κ2) is 5.63. The maximum atomic E-state index is 12.5. The summed E-state index contributed by atoms with van der Waals surface area (Å²) in [5.41, 5.74) is 1.91. The fourth-order valence-electron chi connectivity index (χ4n) is 2.54. The molecule has 1 aliphatic rings. The summed E-state index contributed by atoms with van der Waals surface area (Å²) in [5, 5.41) is 9.43. The third-order valence-corrected chi connectivity index (χ3v) is 3.64. The first-order chi connectivity index (χ1) is 10.1. The molecule has 1 amide bonds. The van der Waals surface area contributed by atoms with Crippen molar-refractivity contribution in [2.24, 2.45) is 0 Å². The Balaban J connectivity index is 2.43. The average molecular weight is 305 g/mol. The van der Waals surface area contributed by atoms with E-state index in [0.717, 1.165) is 11.1 Å². The van der Waals surface area contributed by atoms with E-state index in [-0.39, 0.29) is 0 Å². The quantitative estimate of drug-likeness (QED) is 0.907.